The lowest BCUT2D eigenvalue weighted by molar-refractivity contribution is 1.05. The van der Waals surface area contributed by atoms with Crippen LogP contribution < -0.4 is 0 Å². The normalized spacial score (nSPS) is 23.8. The summed E-state index contributed by atoms with van der Waals surface area (Å²) >= 11 is 8.85. The molecular formula is C4H4BrClN2. The lowest BCUT2D eigenvalue weighted by atomic mass is 10.5. The molecule has 0 amide bonds. The molecule has 0 bridgehead atoms. The molecule has 1 heterocycles. The number of rotatable bonds is 0. The van der Waals surface area contributed by atoms with Crippen molar-refractivity contribution in [3.8, 4) is 0 Å². The van der Waals surface area contributed by atoms with E-state index in [1.807, 2.05) is 0 Å². The van der Waals surface area contributed by atoms with Crippen molar-refractivity contribution in [2.75, 3.05) is 6.67 Å². The highest BCUT2D eigenvalue weighted by Gasteiger charge is 2.18. The number of halogens is 2. The number of alkyl halides is 2. The highest BCUT2D eigenvalue weighted by Crippen LogP contribution is 2.19. The van der Waals surface area contributed by atoms with Crippen molar-refractivity contribution >= 4 is 40.0 Å². The molecule has 1 aliphatic heterocycles. The second kappa shape index (κ2) is 2.15. The van der Waals surface area contributed by atoms with Gasteiger partial charge in [0.2, 0.25) is 0 Å². The summed E-state index contributed by atoms with van der Waals surface area (Å²) in [7, 11) is 0. The summed E-state index contributed by atoms with van der Waals surface area (Å²) in [5.41, 5.74) is 0. The fourth-order valence-corrected chi connectivity index (χ4v) is 0.833. The maximum Gasteiger partial charge on any atom is 0.168 e. The zero-order chi connectivity index (χ0) is 6.04. The van der Waals surface area contributed by atoms with Gasteiger partial charge in [-0.15, -0.1) is 0 Å². The quantitative estimate of drug-likeness (QED) is 0.523. The Labute approximate surface area is 60.8 Å². The Morgan fingerprint density at radius 1 is 1.50 bits per heavy atom. The summed E-state index contributed by atoms with van der Waals surface area (Å²) in [5, 5.41) is 0. The van der Waals surface area contributed by atoms with Crippen LogP contribution in [0.2, 0.25) is 0 Å². The summed E-state index contributed by atoms with van der Waals surface area (Å²) in [5.74, 6) is 0. The summed E-state index contributed by atoms with van der Waals surface area (Å²) in [6, 6.07) is 0. The van der Waals surface area contributed by atoms with Gasteiger partial charge in [0.15, 0.2) is 3.78 Å². The predicted octanol–water partition coefficient (Wildman–Crippen LogP) is 1.43. The van der Waals surface area contributed by atoms with E-state index in [1.54, 1.807) is 12.4 Å². The second-order valence-electron chi connectivity index (χ2n) is 1.44. The van der Waals surface area contributed by atoms with Gasteiger partial charge in [0.25, 0.3) is 0 Å². The van der Waals surface area contributed by atoms with Crippen molar-refractivity contribution in [2.24, 2.45) is 9.98 Å². The van der Waals surface area contributed by atoms with E-state index in [9.17, 15) is 0 Å². The van der Waals surface area contributed by atoms with Crippen LogP contribution in [0.15, 0.2) is 9.98 Å². The number of nitrogens with zero attached hydrogens (tertiary/aromatic N) is 2. The molecule has 0 spiro atoms. The van der Waals surface area contributed by atoms with Crippen LogP contribution in [0.25, 0.3) is 0 Å². The Morgan fingerprint density at radius 3 is 2.25 bits per heavy atom. The van der Waals surface area contributed by atoms with Crippen LogP contribution >= 0.6 is 27.5 Å². The maximum absolute atomic E-state index is 5.69. The topological polar surface area (TPSA) is 24.7 Å². The first-order chi connectivity index (χ1) is 3.71. The summed E-state index contributed by atoms with van der Waals surface area (Å²) in [6.07, 6.45) is 3.23. The van der Waals surface area contributed by atoms with Crippen molar-refractivity contribution < 1.29 is 0 Å². The van der Waals surface area contributed by atoms with Gasteiger partial charge in [-0.2, -0.15) is 0 Å². The molecule has 1 rings (SSSR count). The minimum atomic E-state index is -0.620. The van der Waals surface area contributed by atoms with Gasteiger partial charge in [0.05, 0.1) is 0 Å². The fourth-order valence-electron chi connectivity index (χ4n) is 0.406. The molecule has 0 saturated carbocycles. The Kier molecular flexibility index (Phi) is 1.68. The van der Waals surface area contributed by atoms with Gasteiger partial charge in [-0.1, -0.05) is 27.5 Å². The SMILES string of the molecule is ClC1(Br)C=NCN=C1. The molecule has 0 radical (unpaired) electrons. The van der Waals surface area contributed by atoms with Gasteiger partial charge < -0.3 is 0 Å². The van der Waals surface area contributed by atoms with Crippen molar-refractivity contribution in [1.82, 2.24) is 0 Å². The van der Waals surface area contributed by atoms with Crippen molar-refractivity contribution in [2.45, 2.75) is 3.78 Å². The van der Waals surface area contributed by atoms with Crippen molar-refractivity contribution in [3.63, 3.8) is 0 Å². The largest absolute Gasteiger partial charge is 0.271 e. The third kappa shape index (κ3) is 1.56. The molecule has 8 heavy (non-hydrogen) atoms. The minimum absolute atomic E-state index is 0.500. The first kappa shape index (κ1) is 6.23. The Bertz CT molecular complexity index is 127. The molecule has 1 aliphatic rings. The molecule has 0 atom stereocenters. The molecular weight excluding hydrogens is 191 g/mol. The Balaban J connectivity index is 2.69. The number of hydrogen-bond donors (Lipinski definition) is 0. The molecule has 0 saturated heterocycles. The van der Waals surface area contributed by atoms with Crippen LogP contribution in [0.4, 0.5) is 0 Å². The van der Waals surface area contributed by atoms with E-state index in [0.29, 0.717) is 6.67 Å². The molecule has 0 aliphatic carbocycles. The summed E-state index contributed by atoms with van der Waals surface area (Å²) in [4.78, 5) is 7.66. The molecule has 0 N–H and O–H groups in total. The van der Waals surface area contributed by atoms with Gasteiger partial charge in [0, 0.05) is 12.4 Å². The zero-order valence-corrected chi connectivity index (χ0v) is 6.35. The van der Waals surface area contributed by atoms with Gasteiger partial charge in [-0.3, -0.25) is 9.98 Å². The molecule has 0 fully saturated rings. The molecule has 4 heteroatoms. The molecule has 0 aromatic rings. The number of aliphatic imine (C=N–C) groups is 2. The highest BCUT2D eigenvalue weighted by molar-refractivity contribution is 9.11. The van der Waals surface area contributed by atoms with E-state index in [4.69, 9.17) is 11.6 Å². The first-order valence-corrected chi connectivity index (χ1v) is 3.28. The zero-order valence-electron chi connectivity index (χ0n) is 4.01. The fraction of sp³-hybridized carbons (Fsp3) is 0.500. The van der Waals surface area contributed by atoms with Crippen LogP contribution in [0.5, 0.6) is 0 Å². The lowest BCUT2D eigenvalue weighted by Crippen LogP contribution is -2.18. The molecule has 0 unspecified atom stereocenters. The third-order valence-electron chi connectivity index (χ3n) is 0.690. The second-order valence-corrected chi connectivity index (χ2v) is 3.83. The molecule has 2 nitrogen and oxygen atoms in total. The van der Waals surface area contributed by atoms with E-state index in [1.165, 1.54) is 0 Å². The first-order valence-electron chi connectivity index (χ1n) is 2.10. The summed E-state index contributed by atoms with van der Waals surface area (Å²) < 4.78 is -0.620. The Morgan fingerprint density at radius 2 is 2.00 bits per heavy atom. The monoisotopic (exact) mass is 194 g/mol. The van der Waals surface area contributed by atoms with Crippen LogP contribution in [0, 0.1) is 0 Å². The minimum Gasteiger partial charge on any atom is -0.271 e. The van der Waals surface area contributed by atoms with Crippen LogP contribution in [-0.4, -0.2) is 22.9 Å². The van der Waals surface area contributed by atoms with E-state index in [2.05, 4.69) is 25.9 Å². The van der Waals surface area contributed by atoms with E-state index in [0.717, 1.165) is 0 Å². The van der Waals surface area contributed by atoms with Crippen molar-refractivity contribution in [1.29, 1.82) is 0 Å². The smallest absolute Gasteiger partial charge is 0.168 e. The van der Waals surface area contributed by atoms with Gasteiger partial charge in [-0.05, 0) is 0 Å². The highest BCUT2D eigenvalue weighted by atomic mass is 79.9. The molecule has 44 valence electrons. The average Bonchev–Trinajstić information content (AvgIpc) is 1.65. The summed E-state index contributed by atoms with van der Waals surface area (Å²) in [6.45, 7) is 0.500. The molecule has 0 aromatic carbocycles. The lowest BCUT2D eigenvalue weighted by Gasteiger charge is -2.09. The third-order valence-corrected chi connectivity index (χ3v) is 1.29. The van der Waals surface area contributed by atoms with Crippen LogP contribution in [0.1, 0.15) is 0 Å². The Hall–Kier alpha value is 0.110. The van der Waals surface area contributed by atoms with Gasteiger partial charge >= 0.3 is 0 Å². The predicted molar refractivity (Wildman–Crippen MR) is 39.4 cm³/mol. The van der Waals surface area contributed by atoms with E-state index in [-0.39, 0.29) is 0 Å². The van der Waals surface area contributed by atoms with Crippen LogP contribution in [0.3, 0.4) is 0 Å². The number of hydrogen-bond acceptors (Lipinski definition) is 2. The van der Waals surface area contributed by atoms with Crippen molar-refractivity contribution in [3.05, 3.63) is 0 Å². The van der Waals surface area contributed by atoms with Gasteiger partial charge in [-0.25, -0.2) is 0 Å². The molecule has 0 aromatic heterocycles. The van der Waals surface area contributed by atoms with Gasteiger partial charge in [0.1, 0.15) is 6.67 Å². The van der Waals surface area contributed by atoms with E-state index >= 15 is 0 Å². The standard InChI is InChI=1S/C4H4BrClN2/c5-4(6)1-7-3-8-2-4/h1-2H,3H2. The maximum atomic E-state index is 5.69. The van der Waals surface area contributed by atoms with Crippen LogP contribution in [-0.2, 0) is 0 Å². The van der Waals surface area contributed by atoms with E-state index < -0.39 is 3.78 Å². The average molecular weight is 195 g/mol.